The van der Waals surface area contributed by atoms with Crippen LogP contribution in [0.1, 0.15) is 72.4 Å². The molecule has 1 aliphatic heterocycles. The summed E-state index contributed by atoms with van der Waals surface area (Å²) in [5.41, 5.74) is 7.25. The Hall–Kier alpha value is -3.55. The Morgan fingerprint density at radius 3 is 2.77 bits per heavy atom. The zero-order valence-electron chi connectivity index (χ0n) is 22.8. The highest BCUT2D eigenvalue weighted by atomic mass is 32.1. The van der Waals surface area contributed by atoms with Gasteiger partial charge in [0.25, 0.3) is 5.56 Å². The summed E-state index contributed by atoms with van der Waals surface area (Å²) < 4.78 is 1.84. The average molecular weight is 550 g/mol. The number of nitrogens with zero attached hydrogens (tertiary/aromatic N) is 3. The van der Waals surface area contributed by atoms with Crippen LogP contribution in [0, 0.1) is 5.92 Å². The van der Waals surface area contributed by atoms with E-state index in [1.165, 1.54) is 40.8 Å². The lowest BCUT2D eigenvalue weighted by molar-refractivity contribution is 0.461. The van der Waals surface area contributed by atoms with Gasteiger partial charge in [-0.25, -0.2) is 4.98 Å². The molecule has 0 bridgehead atoms. The van der Waals surface area contributed by atoms with Crippen molar-refractivity contribution < 1.29 is 0 Å². The topological polar surface area (TPSA) is 71.8 Å². The van der Waals surface area contributed by atoms with Gasteiger partial charge in [-0.2, -0.15) is 4.98 Å². The summed E-state index contributed by atoms with van der Waals surface area (Å²) in [6, 6.07) is 12.7. The van der Waals surface area contributed by atoms with Gasteiger partial charge in [0.15, 0.2) is 0 Å². The highest BCUT2D eigenvalue weighted by Gasteiger charge is 2.28. The summed E-state index contributed by atoms with van der Waals surface area (Å²) in [6.07, 6.45) is 12.3. The van der Waals surface area contributed by atoms with Crippen LogP contribution in [0.3, 0.4) is 0 Å². The molecule has 7 rings (SSSR count). The second-order valence-corrected chi connectivity index (χ2v) is 12.4. The molecule has 2 N–H and O–H groups in total. The molecule has 3 aromatic heterocycles. The third-order valence-electron chi connectivity index (χ3n) is 8.61. The number of thiophene rings is 1. The molecule has 0 radical (unpaired) electrons. The number of pyridine rings is 1. The predicted octanol–water partition coefficient (Wildman–Crippen LogP) is 7.10. The van der Waals surface area contributed by atoms with Crippen molar-refractivity contribution in [3.05, 3.63) is 92.6 Å². The number of nitrogens with one attached hydrogen (secondary N) is 2. The highest BCUT2D eigenvalue weighted by Crippen LogP contribution is 2.40. The largest absolute Gasteiger partial charge is 0.324 e. The van der Waals surface area contributed by atoms with Gasteiger partial charge < -0.3 is 10.6 Å². The Morgan fingerprint density at radius 2 is 2.02 bits per heavy atom. The number of aromatic nitrogens is 3. The van der Waals surface area contributed by atoms with E-state index < -0.39 is 0 Å². The predicted molar refractivity (Wildman–Crippen MR) is 165 cm³/mol. The van der Waals surface area contributed by atoms with E-state index in [1.54, 1.807) is 11.3 Å². The minimum atomic E-state index is -0.0146. The van der Waals surface area contributed by atoms with Gasteiger partial charge >= 0.3 is 0 Å². The van der Waals surface area contributed by atoms with Gasteiger partial charge in [0, 0.05) is 34.3 Å². The zero-order valence-corrected chi connectivity index (χ0v) is 23.6. The Bertz CT molecular complexity index is 1650. The molecule has 1 saturated heterocycles. The number of hydrogen-bond donors (Lipinski definition) is 2. The van der Waals surface area contributed by atoms with Gasteiger partial charge in [-0.15, -0.1) is 11.3 Å². The number of hydrogen-bond acceptors (Lipinski definition) is 6. The van der Waals surface area contributed by atoms with Crippen LogP contribution < -0.4 is 16.2 Å². The molecular formula is C33H35N5OS. The van der Waals surface area contributed by atoms with Gasteiger partial charge in [-0.1, -0.05) is 24.8 Å². The maximum atomic E-state index is 14.0. The maximum Gasteiger partial charge on any atom is 0.260 e. The fourth-order valence-corrected chi connectivity index (χ4v) is 7.06. The Balaban J connectivity index is 1.24. The smallest absolute Gasteiger partial charge is 0.260 e. The van der Waals surface area contributed by atoms with E-state index >= 15 is 0 Å². The van der Waals surface area contributed by atoms with Crippen LogP contribution >= 0.6 is 11.3 Å². The minimum Gasteiger partial charge on any atom is -0.324 e. The number of fused-ring (bicyclic) bond motifs is 1. The Kier molecular flexibility index (Phi) is 6.86. The molecule has 4 heterocycles. The number of piperidine rings is 1. The molecule has 204 valence electrons. The lowest BCUT2D eigenvalue weighted by Crippen LogP contribution is -2.28. The number of allylic oxidation sites excluding steroid dienone is 3. The van der Waals surface area contributed by atoms with Crippen molar-refractivity contribution in [3.8, 4) is 0 Å². The summed E-state index contributed by atoms with van der Waals surface area (Å²) in [5, 5.41) is 9.87. The van der Waals surface area contributed by atoms with Gasteiger partial charge in [-0.3, -0.25) is 9.36 Å². The third-order valence-corrected chi connectivity index (χ3v) is 9.52. The third kappa shape index (κ3) is 5.04. The van der Waals surface area contributed by atoms with Crippen molar-refractivity contribution in [3.63, 3.8) is 0 Å². The molecule has 1 unspecified atom stereocenters. The van der Waals surface area contributed by atoms with E-state index in [4.69, 9.17) is 4.98 Å². The number of anilines is 2. The molecule has 1 aromatic carbocycles. The second-order valence-electron chi connectivity index (χ2n) is 11.4. The Labute approximate surface area is 238 Å². The molecule has 2 aliphatic carbocycles. The number of rotatable bonds is 8. The first-order chi connectivity index (χ1) is 19.6. The van der Waals surface area contributed by atoms with Crippen molar-refractivity contribution in [1.29, 1.82) is 0 Å². The van der Waals surface area contributed by atoms with E-state index in [1.807, 2.05) is 16.8 Å². The molecule has 0 amide bonds. The van der Waals surface area contributed by atoms with E-state index in [2.05, 4.69) is 64.0 Å². The van der Waals surface area contributed by atoms with Crippen molar-refractivity contribution in [2.45, 2.75) is 57.4 Å². The van der Waals surface area contributed by atoms with Gasteiger partial charge in [0.2, 0.25) is 5.95 Å². The second kappa shape index (κ2) is 10.8. The fourth-order valence-electron chi connectivity index (χ4n) is 6.16. The quantitative estimate of drug-likeness (QED) is 0.245. The number of benzene rings is 1. The molecule has 7 heteroatoms. The van der Waals surface area contributed by atoms with Gasteiger partial charge in [0.05, 0.1) is 6.54 Å². The zero-order chi connectivity index (χ0) is 27.1. The van der Waals surface area contributed by atoms with Crippen molar-refractivity contribution in [1.82, 2.24) is 19.9 Å². The Morgan fingerprint density at radius 1 is 1.15 bits per heavy atom. The maximum absolute atomic E-state index is 14.0. The molecular weight excluding hydrogens is 514 g/mol. The first-order valence-electron chi connectivity index (χ1n) is 14.6. The molecule has 1 atom stereocenters. The lowest BCUT2D eigenvalue weighted by atomic mass is 9.92. The van der Waals surface area contributed by atoms with E-state index in [0.29, 0.717) is 35.5 Å². The summed E-state index contributed by atoms with van der Waals surface area (Å²) in [4.78, 5) is 24.7. The monoisotopic (exact) mass is 549 g/mol. The van der Waals surface area contributed by atoms with Crippen LogP contribution in [0.5, 0.6) is 0 Å². The van der Waals surface area contributed by atoms with Gasteiger partial charge in [-0.05, 0) is 115 Å². The lowest BCUT2D eigenvalue weighted by Gasteiger charge is -2.23. The van der Waals surface area contributed by atoms with Crippen LogP contribution in [0.4, 0.5) is 11.6 Å². The molecule has 40 heavy (non-hydrogen) atoms. The van der Waals surface area contributed by atoms with E-state index in [0.717, 1.165) is 55.4 Å². The molecule has 3 aliphatic rings. The minimum absolute atomic E-state index is 0.0146. The van der Waals surface area contributed by atoms with E-state index in [-0.39, 0.29) is 5.56 Å². The molecule has 2 fully saturated rings. The highest BCUT2D eigenvalue weighted by molar-refractivity contribution is 7.10. The SMILES string of the molecule is C=C(c1cc2cnc(Nc3ccc(C4CCCNC4)cc3)nc2n(Cc2sccc2C2=CCCC2)c1=O)C1CC1. The van der Waals surface area contributed by atoms with Gasteiger partial charge in [0.1, 0.15) is 5.65 Å². The first kappa shape index (κ1) is 25.4. The molecule has 1 saturated carbocycles. The standard InChI is InChI=1S/C33H35N5OS/c1-21(22-8-9-22)29-17-26-19-35-33(36-27-12-10-23(11-13-27)25-7-4-15-34-18-25)37-31(26)38(32(29)39)20-30-28(14-16-40-30)24-5-2-3-6-24/h5,10-14,16-17,19,22,25,34H,1-4,6-9,15,18,20H2,(H,35,36,37). The normalized spacial score (nSPS) is 19.1. The van der Waals surface area contributed by atoms with Crippen LogP contribution in [0.15, 0.2) is 65.4 Å². The fraction of sp³-hybridized carbons (Fsp3) is 0.364. The summed E-state index contributed by atoms with van der Waals surface area (Å²) in [6.45, 7) is 6.95. The summed E-state index contributed by atoms with van der Waals surface area (Å²) in [7, 11) is 0. The molecule has 6 nitrogen and oxygen atoms in total. The molecule has 4 aromatic rings. The van der Waals surface area contributed by atoms with Crippen LogP contribution in [-0.4, -0.2) is 27.6 Å². The summed E-state index contributed by atoms with van der Waals surface area (Å²) in [5.74, 6) is 1.47. The van der Waals surface area contributed by atoms with Crippen molar-refractivity contribution >= 4 is 45.2 Å². The average Bonchev–Trinajstić information content (AvgIpc) is 3.49. The van der Waals surface area contributed by atoms with Crippen molar-refractivity contribution in [2.75, 3.05) is 18.4 Å². The first-order valence-corrected chi connectivity index (χ1v) is 15.5. The van der Waals surface area contributed by atoms with Crippen molar-refractivity contribution in [2.24, 2.45) is 5.92 Å². The van der Waals surface area contributed by atoms with Crippen LogP contribution in [-0.2, 0) is 6.54 Å². The van der Waals surface area contributed by atoms with E-state index in [9.17, 15) is 4.79 Å². The van der Waals surface area contributed by atoms with Crippen LogP contribution in [0.2, 0.25) is 0 Å². The van der Waals surface area contributed by atoms with Crippen LogP contribution in [0.25, 0.3) is 22.2 Å². The molecule has 0 spiro atoms. The summed E-state index contributed by atoms with van der Waals surface area (Å²) >= 11 is 1.71.